The first-order valence-corrected chi connectivity index (χ1v) is 7.83. The number of sulfonamides is 1. The van der Waals surface area contributed by atoms with Crippen LogP contribution in [0.15, 0.2) is 23.1 Å². The average molecular weight is 297 g/mol. The smallest absolute Gasteiger partial charge is 0.262 e. The Kier molecular flexibility index (Phi) is 3.36. The van der Waals surface area contributed by atoms with Crippen LogP contribution < -0.4 is 20.1 Å². The summed E-state index contributed by atoms with van der Waals surface area (Å²) >= 11 is 0. The Bertz CT molecular complexity index is 638. The van der Waals surface area contributed by atoms with E-state index in [1.807, 2.05) is 0 Å². The number of rotatable bonds is 3. The van der Waals surface area contributed by atoms with Crippen molar-refractivity contribution in [2.24, 2.45) is 0 Å². The molecule has 3 N–H and O–H groups in total. The van der Waals surface area contributed by atoms with E-state index in [1.54, 1.807) is 6.07 Å². The minimum absolute atomic E-state index is 0.0505. The maximum atomic E-state index is 12.3. The van der Waals surface area contributed by atoms with Crippen molar-refractivity contribution in [1.29, 1.82) is 0 Å². The Morgan fingerprint density at radius 2 is 2.20 bits per heavy atom. The van der Waals surface area contributed by atoms with E-state index in [9.17, 15) is 13.2 Å². The Hall–Kier alpha value is -1.64. The summed E-state index contributed by atoms with van der Waals surface area (Å²) in [7, 11) is -3.59. The van der Waals surface area contributed by atoms with Gasteiger partial charge < -0.3 is 15.4 Å². The van der Waals surface area contributed by atoms with Gasteiger partial charge in [0.25, 0.3) is 5.91 Å². The molecule has 1 atom stereocenters. The fourth-order valence-electron chi connectivity index (χ4n) is 2.27. The summed E-state index contributed by atoms with van der Waals surface area (Å²) in [5.74, 6) is 0.186. The van der Waals surface area contributed by atoms with Crippen molar-refractivity contribution < 1.29 is 17.9 Å². The molecule has 0 aliphatic carbocycles. The predicted octanol–water partition coefficient (Wildman–Crippen LogP) is -0.342. The van der Waals surface area contributed by atoms with Crippen molar-refractivity contribution >= 4 is 21.6 Å². The minimum atomic E-state index is -3.59. The van der Waals surface area contributed by atoms with Gasteiger partial charge in [0.1, 0.15) is 5.75 Å². The maximum Gasteiger partial charge on any atom is 0.262 e. The summed E-state index contributed by atoms with van der Waals surface area (Å²) in [5.41, 5.74) is 0.383. The lowest BCUT2D eigenvalue weighted by molar-refractivity contribution is -0.118. The van der Waals surface area contributed by atoms with Gasteiger partial charge in [-0.1, -0.05) is 0 Å². The molecule has 7 nitrogen and oxygen atoms in total. The SMILES string of the molecule is O=C1COc2ccc(S(=O)(=O)N[C@@H]3CCNC3)cc2N1. The van der Waals surface area contributed by atoms with Gasteiger partial charge in [-0.15, -0.1) is 0 Å². The number of hydrogen-bond donors (Lipinski definition) is 3. The lowest BCUT2D eigenvalue weighted by Crippen LogP contribution is -2.36. The summed E-state index contributed by atoms with van der Waals surface area (Å²) in [6.07, 6.45) is 0.768. The normalized spacial score (nSPS) is 22.0. The molecule has 2 heterocycles. The van der Waals surface area contributed by atoms with Crippen molar-refractivity contribution in [3.05, 3.63) is 18.2 Å². The van der Waals surface area contributed by atoms with Crippen molar-refractivity contribution in [3.63, 3.8) is 0 Å². The molecule has 3 rings (SSSR count). The third kappa shape index (κ3) is 2.62. The lowest BCUT2D eigenvalue weighted by atomic mass is 10.2. The number of nitrogens with one attached hydrogen (secondary N) is 3. The Morgan fingerprint density at radius 1 is 1.35 bits per heavy atom. The highest BCUT2D eigenvalue weighted by atomic mass is 32.2. The van der Waals surface area contributed by atoms with E-state index in [-0.39, 0.29) is 23.5 Å². The molecule has 2 aliphatic heterocycles. The molecule has 0 radical (unpaired) electrons. The molecule has 0 bridgehead atoms. The summed E-state index contributed by atoms with van der Waals surface area (Å²) in [6, 6.07) is 4.34. The number of fused-ring (bicyclic) bond motifs is 1. The zero-order valence-electron chi connectivity index (χ0n) is 10.7. The van der Waals surface area contributed by atoms with Crippen molar-refractivity contribution in [1.82, 2.24) is 10.0 Å². The number of carbonyl (C=O) groups excluding carboxylic acids is 1. The summed E-state index contributed by atoms with van der Waals surface area (Å²) in [5, 5.41) is 5.70. The van der Waals surface area contributed by atoms with E-state index in [1.165, 1.54) is 12.1 Å². The second kappa shape index (κ2) is 5.04. The minimum Gasteiger partial charge on any atom is -0.482 e. The van der Waals surface area contributed by atoms with Crippen molar-refractivity contribution in [2.75, 3.05) is 25.0 Å². The van der Waals surface area contributed by atoms with Crippen LogP contribution in [-0.4, -0.2) is 40.1 Å². The number of hydrogen-bond acceptors (Lipinski definition) is 5. The molecule has 2 aliphatic rings. The fraction of sp³-hybridized carbons (Fsp3) is 0.417. The third-order valence-corrected chi connectivity index (χ3v) is 4.79. The number of amides is 1. The first-order valence-electron chi connectivity index (χ1n) is 6.34. The molecule has 0 spiro atoms. The van der Waals surface area contributed by atoms with E-state index in [4.69, 9.17) is 4.74 Å². The van der Waals surface area contributed by atoms with Crippen molar-refractivity contribution in [3.8, 4) is 5.75 Å². The quantitative estimate of drug-likeness (QED) is 0.709. The molecule has 1 amide bonds. The highest BCUT2D eigenvalue weighted by Gasteiger charge is 2.24. The highest BCUT2D eigenvalue weighted by Crippen LogP contribution is 2.30. The molecule has 0 saturated carbocycles. The number of carbonyl (C=O) groups is 1. The lowest BCUT2D eigenvalue weighted by Gasteiger charge is -2.19. The van der Waals surface area contributed by atoms with Crippen LogP contribution in [0.1, 0.15) is 6.42 Å². The molecule has 1 saturated heterocycles. The molecular formula is C12H15N3O4S. The first kappa shape index (κ1) is 13.3. The Balaban J connectivity index is 1.85. The van der Waals surface area contributed by atoms with Gasteiger partial charge in [0.15, 0.2) is 6.61 Å². The largest absolute Gasteiger partial charge is 0.482 e. The second-order valence-electron chi connectivity index (χ2n) is 4.81. The number of benzene rings is 1. The van der Waals surface area contributed by atoms with E-state index in [2.05, 4.69) is 15.4 Å². The molecule has 8 heteroatoms. The molecule has 1 aromatic carbocycles. The number of ether oxygens (including phenoxy) is 1. The molecule has 1 aromatic rings. The zero-order chi connectivity index (χ0) is 14.2. The van der Waals surface area contributed by atoms with Gasteiger partial charge >= 0.3 is 0 Å². The monoisotopic (exact) mass is 297 g/mol. The third-order valence-electron chi connectivity index (χ3n) is 3.28. The van der Waals surface area contributed by atoms with E-state index in [0.29, 0.717) is 18.0 Å². The van der Waals surface area contributed by atoms with Gasteiger partial charge in [-0.2, -0.15) is 0 Å². The van der Waals surface area contributed by atoms with Crippen LogP contribution in [0.4, 0.5) is 5.69 Å². The molecule has 108 valence electrons. The van der Waals surface area contributed by atoms with E-state index >= 15 is 0 Å². The topological polar surface area (TPSA) is 96.5 Å². The van der Waals surface area contributed by atoms with E-state index < -0.39 is 10.0 Å². The molecule has 1 fully saturated rings. The molecule has 0 aromatic heterocycles. The standard InChI is InChI=1S/C12H15N3O4S/c16-12-7-19-11-2-1-9(5-10(11)14-12)20(17,18)15-8-3-4-13-6-8/h1-2,5,8,13,15H,3-4,6-7H2,(H,14,16)/t8-/m1/s1. The van der Waals surface area contributed by atoms with Gasteiger partial charge in [-0.3, -0.25) is 4.79 Å². The van der Waals surface area contributed by atoms with Crippen LogP contribution >= 0.6 is 0 Å². The maximum absolute atomic E-state index is 12.3. The second-order valence-corrected chi connectivity index (χ2v) is 6.52. The van der Waals surface area contributed by atoms with Crippen LogP contribution in [0.25, 0.3) is 0 Å². The molecule has 20 heavy (non-hydrogen) atoms. The summed E-state index contributed by atoms with van der Waals surface area (Å²) in [4.78, 5) is 11.4. The zero-order valence-corrected chi connectivity index (χ0v) is 11.5. The van der Waals surface area contributed by atoms with Crippen molar-refractivity contribution in [2.45, 2.75) is 17.4 Å². The number of anilines is 1. The highest BCUT2D eigenvalue weighted by molar-refractivity contribution is 7.89. The summed E-state index contributed by atoms with van der Waals surface area (Å²) < 4.78 is 32.4. The predicted molar refractivity (Wildman–Crippen MR) is 72.2 cm³/mol. The van der Waals surface area contributed by atoms with Crippen LogP contribution in [0, 0.1) is 0 Å². The Morgan fingerprint density at radius 3 is 2.95 bits per heavy atom. The molecular weight excluding hydrogens is 282 g/mol. The fourth-order valence-corrected chi connectivity index (χ4v) is 3.57. The summed E-state index contributed by atoms with van der Waals surface area (Å²) in [6.45, 7) is 1.39. The van der Waals surface area contributed by atoms with Gasteiger partial charge in [-0.05, 0) is 31.2 Å². The average Bonchev–Trinajstić information content (AvgIpc) is 2.90. The van der Waals surface area contributed by atoms with Crippen LogP contribution in [0.3, 0.4) is 0 Å². The van der Waals surface area contributed by atoms with Crippen LogP contribution in [0.5, 0.6) is 5.75 Å². The van der Waals surface area contributed by atoms with Gasteiger partial charge in [0.2, 0.25) is 10.0 Å². The van der Waals surface area contributed by atoms with Crippen LogP contribution in [-0.2, 0) is 14.8 Å². The van der Waals surface area contributed by atoms with Crippen LogP contribution in [0.2, 0.25) is 0 Å². The van der Waals surface area contributed by atoms with Gasteiger partial charge in [0, 0.05) is 12.6 Å². The van der Waals surface area contributed by atoms with E-state index in [0.717, 1.165) is 13.0 Å². The van der Waals surface area contributed by atoms with Gasteiger partial charge in [-0.25, -0.2) is 13.1 Å². The molecule has 0 unspecified atom stereocenters. The first-order chi connectivity index (χ1) is 9.54. The van der Waals surface area contributed by atoms with Gasteiger partial charge in [0.05, 0.1) is 10.6 Å². The Labute approximate surface area is 116 Å².